The molecular weight excluding hydrogens is 737 g/mol. The molecule has 59 heavy (non-hydrogen) atoms. The molecule has 9 fully saturated rings. The highest BCUT2D eigenvalue weighted by Gasteiger charge is 2.68. The lowest BCUT2D eigenvalue weighted by molar-refractivity contribution is -0.0224. The molecule has 2 N–H and O–H groups in total. The standard InChI is InChI=1S/C55H76N2OS/c1-54(2)42-26-27-43-46(36-17-7-9-23-41(36)55(43)29-11-4-12-30-55)47(42)38-21-13-19-34(48(38)54)33-25-28-44-40(31-33)35-20-14-22-39(51(35)58-44)53-56-49(32-15-5-3-6-16-32)52-50(57-53)37-18-8-10-24-45(37)59-52/h8,10,18,24-28,31-32,34-48,50-51,53,56-57H,3-7,9,11-17,19-23,29-30H2,1-2H3. The van der Waals surface area contributed by atoms with Crippen LogP contribution in [0.15, 0.2) is 70.9 Å². The van der Waals surface area contributed by atoms with E-state index in [1.165, 1.54) is 103 Å². The molecule has 13 aliphatic rings. The number of thioether (sulfide) groups is 1. The zero-order chi connectivity index (χ0) is 39.0. The lowest BCUT2D eigenvalue weighted by Gasteiger charge is -2.47. The minimum Gasteiger partial charge on any atom is -0.372 e. The first-order chi connectivity index (χ1) is 29.0. The van der Waals surface area contributed by atoms with E-state index in [1.807, 2.05) is 0 Å². The fourth-order valence-electron chi connectivity index (χ4n) is 19.3. The zero-order valence-corrected chi connectivity index (χ0v) is 37.4. The van der Waals surface area contributed by atoms with Crippen LogP contribution in [-0.2, 0) is 4.74 Å². The summed E-state index contributed by atoms with van der Waals surface area (Å²) >= 11 is 2.17. The van der Waals surface area contributed by atoms with Gasteiger partial charge in [-0.2, -0.15) is 0 Å². The second-order valence-corrected chi connectivity index (χ2v) is 24.9. The third-order valence-electron chi connectivity index (χ3n) is 21.3. The summed E-state index contributed by atoms with van der Waals surface area (Å²) in [5, 5.41) is 9.22. The Labute approximate surface area is 362 Å². The maximum atomic E-state index is 7.36. The quantitative estimate of drug-likeness (QED) is 0.278. The van der Waals surface area contributed by atoms with Crippen molar-refractivity contribution < 1.29 is 4.74 Å². The van der Waals surface area contributed by atoms with E-state index in [4.69, 9.17) is 4.74 Å². The summed E-state index contributed by atoms with van der Waals surface area (Å²) in [4.78, 5) is 1.65. The van der Waals surface area contributed by atoms with Crippen LogP contribution in [0, 0.1) is 93.7 Å². The molecule has 1 spiro atoms. The van der Waals surface area contributed by atoms with Gasteiger partial charge in [0.15, 0.2) is 0 Å². The second-order valence-electron chi connectivity index (χ2n) is 23.7. The third-order valence-corrected chi connectivity index (χ3v) is 22.8. The highest BCUT2D eigenvalue weighted by Crippen LogP contribution is 2.74. The van der Waals surface area contributed by atoms with Crippen molar-refractivity contribution in [2.75, 3.05) is 0 Å². The third kappa shape index (κ3) is 5.64. The molecule has 0 aromatic rings. The second kappa shape index (κ2) is 14.5. The van der Waals surface area contributed by atoms with Gasteiger partial charge in [0.2, 0.25) is 0 Å². The Morgan fingerprint density at radius 2 is 1.39 bits per heavy atom. The van der Waals surface area contributed by atoms with E-state index in [0.717, 1.165) is 53.3 Å². The Morgan fingerprint density at radius 1 is 0.661 bits per heavy atom. The minimum atomic E-state index is 0.260. The maximum Gasteiger partial charge on any atom is 0.0829 e. The number of hydrogen-bond acceptors (Lipinski definition) is 4. The summed E-state index contributed by atoms with van der Waals surface area (Å²) in [7, 11) is 0. The van der Waals surface area contributed by atoms with Crippen molar-refractivity contribution in [1.82, 2.24) is 10.6 Å². The van der Waals surface area contributed by atoms with Crippen molar-refractivity contribution in [2.45, 2.75) is 172 Å². The van der Waals surface area contributed by atoms with Gasteiger partial charge in [-0.3, -0.25) is 5.32 Å². The van der Waals surface area contributed by atoms with Crippen LogP contribution in [0.4, 0.5) is 0 Å². The molecule has 0 radical (unpaired) electrons. The molecule has 318 valence electrons. The normalized spacial score (nSPS) is 51.1. The molecule has 3 aliphatic heterocycles. The molecule has 4 heteroatoms. The summed E-state index contributed by atoms with van der Waals surface area (Å²) in [6.45, 7) is 5.52. The zero-order valence-electron chi connectivity index (χ0n) is 36.6. The van der Waals surface area contributed by atoms with Gasteiger partial charge in [0, 0.05) is 39.6 Å². The van der Waals surface area contributed by atoms with Crippen LogP contribution in [0.5, 0.6) is 0 Å². The largest absolute Gasteiger partial charge is 0.372 e. The van der Waals surface area contributed by atoms with E-state index >= 15 is 0 Å². The molecule has 2 saturated heterocycles. The van der Waals surface area contributed by atoms with Crippen molar-refractivity contribution in [3.8, 4) is 0 Å². The van der Waals surface area contributed by atoms with Crippen LogP contribution in [0.2, 0.25) is 0 Å². The lowest BCUT2D eigenvalue weighted by Crippen LogP contribution is -2.60. The van der Waals surface area contributed by atoms with Gasteiger partial charge in [-0.25, -0.2) is 0 Å². The number of rotatable bonds is 3. The summed E-state index contributed by atoms with van der Waals surface area (Å²) in [6, 6.07) is 0.453. The average Bonchev–Trinajstić information content (AvgIpc) is 4.00. The topological polar surface area (TPSA) is 33.3 Å². The fourth-order valence-corrected chi connectivity index (χ4v) is 20.9. The molecule has 0 aromatic carbocycles. The van der Waals surface area contributed by atoms with Crippen molar-refractivity contribution in [2.24, 2.45) is 93.7 Å². The van der Waals surface area contributed by atoms with Crippen molar-refractivity contribution >= 4 is 11.8 Å². The van der Waals surface area contributed by atoms with Crippen LogP contribution in [-0.4, -0.2) is 29.7 Å². The monoisotopic (exact) mass is 813 g/mol. The Kier molecular flexibility index (Phi) is 9.35. The van der Waals surface area contributed by atoms with Crippen LogP contribution in [0.25, 0.3) is 0 Å². The highest BCUT2D eigenvalue weighted by atomic mass is 32.2. The van der Waals surface area contributed by atoms with Gasteiger partial charge in [0.25, 0.3) is 0 Å². The molecule has 13 rings (SSSR count). The van der Waals surface area contributed by atoms with Crippen LogP contribution in [0.3, 0.4) is 0 Å². The van der Waals surface area contributed by atoms with E-state index in [2.05, 4.69) is 90.9 Å². The van der Waals surface area contributed by atoms with Crippen LogP contribution >= 0.6 is 11.8 Å². The van der Waals surface area contributed by atoms with E-state index in [0.29, 0.717) is 64.0 Å². The van der Waals surface area contributed by atoms with Gasteiger partial charge in [0.1, 0.15) is 0 Å². The van der Waals surface area contributed by atoms with Gasteiger partial charge in [-0.15, -0.1) is 11.8 Å². The van der Waals surface area contributed by atoms with Gasteiger partial charge in [-0.1, -0.05) is 133 Å². The summed E-state index contributed by atoms with van der Waals surface area (Å²) in [6.07, 6.45) is 53.4. The average molecular weight is 813 g/mol. The number of nitrogens with one attached hydrogen (secondary N) is 2. The van der Waals surface area contributed by atoms with Gasteiger partial charge < -0.3 is 10.1 Å². The molecule has 3 nitrogen and oxygen atoms in total. The smallest absolute Gasteiger partial charge is 0.0829 e. The Balaban J connectivity index is 0.779. The molecule has 0 bridgehead atoms. The molecule has 10 aliphatic carbocycles. The van der Waals surface area contributed by atoms with Crippen LogP contribution in [0.1, 0.15) is 142 Å². The lowest BCUT2D eigenvalue weighted by atomic mass is 9.58. The number of allylic oxidation sites excluding steroid dienone is 7. The van der Waals surface area contributed by atoms with Crippen molar-refractivity contribution in [3.63, 3.8) is 0 Å². The van der Waals surface area contributed by atoms with E-state index in [9.17, 15) is 0 Å². The van der Waals surface area contributed by atoms with Gasteiger partial charge in [0.05, 0.1) is 18.4 Å². The minimum absolute atomic E-state index is 0.260. The first-order valence-corrected chi connectivity index (χ1v) is 26.9. The molecule has 18 unspecified atom stereocenters. The van der Waals surface area contributed by atoms with Crippen LogP contribution < -0.4 is 10.6 Å². The predicted molar refractivity (Wildman–Crippen MR) is 243 cm³/mol. The molecule has 7 saturated carbocycles. The first-order valence-electron chi connectivity index (χ1n) is 26.0. The highest BCUT2D eigenvalue weighted by molar-refractivity contribution is 8.04. The first kappa shape index (κ1) is 38.0. The Hall–Kier alpha value is -1.49. The molecule has 3 heterocycles. The van der Waals surface area contributed by atoms with E-state index < -0.39 is 0 Å². The summed E-state index contributed by atoms with van der Waals surface area (Å²) < 4.78 is 7.36. The Bertz CT molecular complexity index is 1840. The van der Waals surface area contributed by atoms with Crippen molar-refractivity contribution in [3.05, 3.63) is 70.9 Å². The van der Waals surface area contributed by atoms with E-state index in [1.54, 1.807) is 41.9 Å². The van der Waals surface area contributed by atoms with Gasteiger partial charge >= 0.3 is 0 Å². The molecule has 0 amide bonds. The number of hydrogen-bond donors (Lipinski definition) is 2. The Morgan fingerprint density at radius 3 is 2.29 bits per heavy atom. The van der Waals surface area contributed by atoms with Gasteiger partial charge in [-0.05, 0) is 146 Å². The van der Waals surface area contributed by atoms with E-state index in [-0.39, 0.29) is 6.10 Å². The molecular formula is C55H76N2OS. The molecule has 0 aromatic heterocycles. The fraction of sp³-hybridized carbons (Fsp3) is 0.782. The summed E-state index contributed by atoms with van der Waals surface area (Å²) in [5.41, 5.74) is 4.38. The maximum absolute atomic E-state index is 7.36. The number of ether oxygens (including phenoxy) is 1. The number of fused-ring (bicyclic) bond motifs is 15. The SMILES string of the molecule is CC1(C)C2C=CC3C(C4CCCCC4C34CCCCC4)C2C2CCCC(C3=CC4C(C=C3)OC3C(C5NC(C6CCCCC6)=C6SC7C=CC=CC7C6N5)CCCC43)C21. The summed E-state index contributed by atoms with van der Waals surface area (Å²) in [5.74, 6) is 11.0. The van der Waals surface area contributed by atoms with Crippen molar-refractivity contribution in [1.29, 1.82) is 0 Å². The predicted octanol–water partition coefficient (Wildman–Crippen LogP) is 12.7. The molecule has 18 atom stereocenters.